The van der Waals surface area contributed by atoms with Gasteiger partial charge in [-0.2, -0.15) is 0 Å². The first-order valence-corrected chi connectivity index (χ1v) is 13.1. The lowest BCUT2D eigenvalue weighted by atomic mass is 10.0. The molecule has 8 heteroatoms. The highest BCUT2D eigenvalue weighted by atomic mass is 35.5. The number of hydrogen-bond acceptors (Lipinski definition) is 5. The Morgan fingerprint density at radius 3 is 2.57 bits per heavy atom. The predicted octanol–water partition coefficient (Wildman–Crippen LogP) is 6.95. The quantitative estimate of drug-likeness (QED) is 0.183. The second kappa shape index (κ2) is 11.2. The molecule has 0 aliphatic carbocycles. The van der Waals surface area contributed by atoms with Crippen LogP contribution in [0.2, 0.25) is 5.02 Å². The van der Waals surface area contributed by atoms with E-state index in [1.54, 1.807) is 11.8 Å². The van der Waals surface area contributed by atoms with Crippen molar-refractivity contribution in [2.24, 2.45) is 0 Å². The van der Waals surface area contributed by atoms with Crippen LogP contribution in [0.15, 0.2) is 106 Å². The van der Waals surface area contributed by atoms with Crippen molar-refractivity contribution in [3.8, 4) is 0 Å². The Balaban J connectivity index is 1.33. The highest BCUT2D eigenvalue weighted by Gasteiger charge is 2.41. The van der Waals surface area contributed by atoms with Crippen molar-refractivity contribution in [3.63, 3.8) is 0 Å². The van der Waals surface area contributed by atoms with E-state index >= 15 is 0 Å². The van der Waals surface area contributed by atoms with Crippen LogP contribution in [-0.2, 0) is 0 Å². The first-order valence-electron chi connectivity index (χ1n) is 11.5. The molecule has 5 rings (SSSR count). The number of anilines is 1. The van der Waals surface area contributed by atoms with E-state index in [-0.39, 0.29) is 12.1 Å². The first kappa shape index (κ1) is 23.7. The summed E-state index contributed by atoms with van der Waals surface area (Å²) in [7, 11) is 0. The Morgan fingerprint density at radius 1 is 1.00 bits per heavy atom. The van der Waals surface area contributed by atoms with Gasteiger partial charge >= 0.3 is 0 Å². The minimum absolute atomic E-state index is 0.0892. The Bertz CT molecular complexity index is 1250. The number of pyridine rings is 1. The summed E-state index contributed by atoms with van der Waals surface area (Å²) in [4.78, 5) is 7.89. The molecule has 0 radical (unpaired) electrons. The molecule has 2 atom stereocenters. The second-order valence-corrected chi connectivity index (χ2v) is 10.1. The number of nitrogens with one attached hydrogen (secondary N) is 2. The lowest BCUT2D eigenvalue weighted by molar-refractivity contribution is 0.259. The number of hydrogen-bond donors (Lipinski definition) is 2. The lowest BCUT2D eigenvalue weighted by Gasteiger charge is -2.26. The van der Waals surface area contributed by atoms with E-state index in [0.29, 0.717) is 5.11 Å². The van der Waals surface area contributed by atoms with E-state index in [4.69, 9.17) is 28.2 Å². The maximum atomic E-state index is 6.35. The molecule has 35 heavy (non-hydrogen) atoms. The largest absolute Gasteiger partial charge is 0.452 e. The smallest absolute Gasteiger partial charge is 0.170 e. The Labute approximate surface area is 219 Å². The van der Waals surface area contributed by atoms with Crippen molar-refractivity contribution in [3.05, 3.63) is 108 Å². The van der Waals surface area contributed by atoms with E-state index in [9.17, 15) is 0 Å². The molecule has 1 aliphatic rings. The summed E-state index contributed by atoms with van der Waals surface area (Å²) >= 11 is 13.4. The summed E-state index contributed by atoms with van der Waals surface area (Å²) in [6.45, 7) is 1.64. The predicted molar refractivity (Wildman–Crippen MR) is 146 cm³/mol. The van der Waals surface area contributed by atoms with E-state index in [1.165, 1.54) is 0 Å². The van der Waals surface area contributed by atoms with Gasteiger partial charge in [-0.05, 0) is 79.3 Å². The number of rotatable bonds is 9. The molecule has 0 saturated carbocycles. The fourth-order valence-electron chi connectivity index (χ4n) is 4.16. The molecular formula is C27H25ClN4OS2. The SMILES string of the molecule is S=C1N[C@@H](c2ccccn2)[C@H](c2ccc(Sc3ccc(Cl)cc3)o2)N1CCCNc1ccccc1. The van der Waals surface area contributed by atoms with Gasteiger partial charge in [0, 0.05) is 34.9 Å². The lowest BCUT2D eigenvalue weighted by Crippen LogP contribution is -2.31. The van der Waals surface area contributed by atoms with Gasteiger partial charge < -0.3 is 20.0 Å². The fourth-order valence-corrected chi connectivity index (χ4v) is 5.40. The van der Waals surface area contributed by atoms with Crippen LogP contribution < -0.4 is 10.6 Å². The average Bonchev–Trinajstić information content (AvgIpc) is 3.48. The highest BCUT2D eigenvalue weighted by Crippen LogP contribution is 2.41. The third kappa shape index (κ3) is 5.81. The zero-order chi connectivity index (χ0) is 24.0. The van der Waals surface area contributed by atoms with E-state index in [0.717, 1.165) is 51.7 Å². The van der Waals surface area contributed by atoms with Crippen LogP contribution in [0.1, 0.15) is 30.0 Å². The number of aromatic nitrogens is 1. The van der Waals surface area contributed by atoms with Gasteiger partial charge in [-0.25, -0.2) is 0 Å². The van der Waals surface area contributed by atoms with Crippen molar-refractivity contribution in [1.82, 2.24) is 15.2 Å². The number of benzene rings is 2. The molecule has 0 amide bonds. The van der Waals surface area contributed by atoms with Crippen molar-refractivity contribution in [1.29, 1.82) is 0 Å². The van der Waals surface area contributed by atoms with E-state index < -0.39 is 0 Å². The molecule has 2 aromatic heterocycles. The molecule has 1 aliphatic heterocycles. The van der Waals surface area contributed by atoms with Gasteiger partial charge in [-0.3, -0.25) is 4.98 Å². The van der Waals surface area contributed by atoms with Crippen molar-refractivity contribution < 1.29 is 4.42 Å². The molecule has 5 nitrogen and oxygen atoms in total. The van der Waals surface area contributed by atoms with Crippen LogP contribution >= 0.6 is 35.6 Å². The number of furan rings is 1. The maximum Gasteiger partial charge on any atom is 0.170 e. The molecule has 0 unspecified atom stereocenters. The molecule has 2 aromatic carbocycles. The molecule has 1 saturated heterocycles. The summed E-state index contributed by atoms with van der Waals surface area (Å²) in [5, 5.41) is 9.22. The molecule has 0 spiro atoms. The van der Waals surface area contributed by atoms with Gasteiger partial charge in [-0.15, -0.1) is 0 Å². The number of thiocarbonyl (C=S) groups is 1. The summed E-state index contributed by atoms with van der Waals surface area (Å²) in [5.74, 6) is 0.862. The van der Waals surface area contributed by atoms with Crippen molar-refractivity contribution in [2.45, 2.75) is 28.5 Å². The van der Waals surface area contributed by atoms with Crippen LogP contribution in [0.5, 0.6) is 0 Å². The van der Waals surface area contributed by atoms with E-state index in [1.807, 2.05) is 79.0 Å². The van der Waals surface area contributed by atoms with Gasteiger partial charge in [0.15, 0.2) is 10.2 Å². The summed E-state index contributed by atoms with van der Waals surface area (Å²) in [6.07, 6.45) is 2.74. The monoisotopic (exact) mass is 520 g/mol. The number of nitrogens with zero attached hydrogens (tertiary/aromatic N) is 2. The minimum Gasteiger partial charge on any atom is -0.452 e. The standard InChI is InChI=1S/C27H25ClN4OS2/c28-19-10-12-21(13-11-19)35-24-15-14-23(33-24)26-25(22-9-4-5-16-30-22)31-27(34)32(26)18-6-17-29-20-7-2-1-3-8-20/h1-5,7-16,25-26,29H,6,17-18H2,(H,31,34)/t25-,26-/m0/s1. The third-order valence-electron chi connectivity index (χ3n) is 5.80. The van der Waals surface area contributed by atoms with Crippen LogP contribution in [0.25, 0.3) is 0 Å². The second-order valence-electron chi connectivity index (χ2n) is 8.18. The topological polar surface area (TPSA) is 53.3 Å². The van der Waals surface area contributed by atoms with Crippen LogP contribution in [0, 0.1) is 0 Å². The van der Waals surface area contributed by atoms with Gasteiger partial charge in [0.05, 0.1) is 11.7 Å². The molecule has 178 valence electrons. The first-order chi connectivity index (χ1) is 17.2. The van der Waals surface area contributed by atoms with Gasteiger partial charge in [0.2, 0.25) is 0 Å². The summed E-state index contributed by atoms with van der Waals surface area (Å²) in [5.41, 5.74) is 2.06. The molecule has 4 aromatic rings. The molecule has 0 bridgehead atoms. The zero-order valence-electron chi connectivity index (χ0n) is 18.9. The Hall–Kier alpha value is -3.00. The zero-order valence-corrected chi connectivity index (χ0v) is 21.3. The normalized spacial score (nSPS) is 17.4. The Kier molecular flexibility index (Phi) is 7.57. The highest BCUT2D eigenvalue weighted by molar-refractivity contribution is 7.99. The maximum absolute atomic E-state index is 6.35. The number of para-hydroxylation sites is 1. The van der Waals surface area contributed by atoms with Crippen LogP contribution in [-0.4, -0.2) is 28.1 Å². The van der Waals surface area contributed by atoms with Crippen LogP contribution in [0.4, 0.5) is 5.69 Å². The number of halogens is 1. The van der Waals surface area contributed by atoms with E-state index in [2.05, 4.69) is 32.7 Å². The summed E-state index contributed by atoms with van der Waals surface area (Å²) in [6, 6.07) is 27.8. The van der Waals surface area contributed by atoms with Crippen molar-refractivity contribution >= 4 is 46.4 Å². The van der Waals surface area contributed by atoms with Gasteiger partial charge in [-0.1, -0.05) is 47.6 Å². The van der Waals surface area contributed by atoms with Gasteiger partial charge in [0.25, 0.3) is 0 Å². The fraction of sp³-hybridized carbons (Fsp3) is 0.185. The minimum atomic E-state index is -0.0923. The summed E-state index contributed by atoms with van der Waals surface area (Å²) < 4.78 is 6.35. The average molecular weight is 521 g/mol. The van der Waals surface area contributed by atoms with Gasteiger partial charge in [0.1, 0.15) is 11.8 Å². The van der Waals surface area contributed by atoms with Crippen molar-refractivity contribution in [2.75, 3.05) is 18.4 Å². The molecule has 1 fully saturated rings. The third-order valence-corrected chi connectivity index (χ3v) is 7.33. The Morgan fingerprint density at radius 2 is 1.80 bits per heavy atom. The molecular weight excluding hydrogens is 496 g/mol. The molecule has 2 N–H and O–H groups in total. The molecule has 3 heterocycles. The van der Waals surface area contributed by atoms with Crippen LogP contribution in [0.3, 0.4) is 0 Å².